The molecule has 2 N–H and O–H groups in total. The first kappa shape index (κ1) is 20.2. The maximum absolute atomic E-state index is 13.5. The van der Waals surface area contributed by atoms with Gasteiger partial charge in [0.25, 0.3) is 0 Å². The number of alkyl halides is 3. The highest BCUT2D eigenvalue weighted by atomic mass is 19.4. The fourth-order valence-corrected chi connectivity index (χ4v) is 6.18. The Morgan fingerprint density at radius 1 is 1.09 bits per heavy atom. The molecule has 1 amide bonds. The van der Waals surface area contributed by atoms with Gasteiger partial charge in [-0.2, -0.15) is 13.2 Å². The van der Waals surface area contributed by atoms with Crippen molar-refractivity contribution >= 4 is 22.6 Å². The highest BCUT2D eigenvalue weighted by molar-refractivity contribution is 5.92. The summed E-state index contributed by atoms with van der Waals surface area (Å²) in [5, 5.41) is 6.91. The third-order valence-electron chi connectivity index (χ3n) is 7.93. The average Bonchev–Trinajstić information content (AvgIpc) is 3.30. The minimum Gasteiger partial charge on any atom is -0.368 e. The monoisotopic (exact) mass is 445 g/mol. The number of halogens is 3. The number of rotatable bonds is 3. The van der Waals surface area contributed by atoms with Crippen LogP contribution < -0.4 is 15.5 Å². The van der Waals surface area contributed by atoms with Gasteiger partial charge in [-0.1, -0.05) is 0 Å². The molecule has 6 nitrogen and oxygen atoms in total. The molecule has 2 bridgehead atoms. The standard InChI is InChI=1S/C23H26F3N5O/c24-23(25,26)16-3-4-18(20-19(16)27-7-8-28-20)31-11-17(22(12-31)5-6-22)21(32)30-15-9-13-1-2-14(10-15)29-13/h3-4,7-8,13-15,17,29H,1-2,5-6,9-12H2,(H,30,32). The van der Waals surface area contributed by atoms with E-state index in [1.165, 1.54) is 31.3 Å². The van der Waals surface area contributed by atoms with Crippen molar-refractivity contribution in [1.29, 1.82) is 0 Å². The molecule has 1 spiro atoms. The molecule has 3 atom stereocenters. The molecular weight excluding hydrogens is 419 g/mol. The summed E-state index contributed by atoms with van der Waals surface area (Å²) in [6.07, 6.45) is 4.48. The minimum atomic E-state index is -4.49. The normalized spacial score (nSPS) is 30.8. The van der Waals surface area contributed by atoms with Crippen molar-refractivity contribution < 1.29 is 18.0 Å². The quantitative estimate of drug-likeness (QED) is 0.759. The van der Waals surface area contributed by atoms with Gasteiger partial charge in [-0.15, -0.1) is 0 Å². The van der Waals surface area contributed by atoms with Crippen LogP contribution in [0.5, 0.6) is 0 Å². The number of amides is 1. The van der Waals surface area contributed by atoms with Gasteiger partial charge in [0.05, 0.1) is 17.2 Å². The second-order valence-electron chi connectivity index (χ2n) is 9.99. The second kappa shape index (κ2) is 7.04. The zero-order chi connectivity index (χ0) is 22.1. The number of nitrogens with one attached hydrogen (secondary N) is 2. The van der Waals surface area contributed by atoms with E-state index in [4.69, 9.17) is 0 Å². The first-order chi connectivity index (χ1) is 15.3. The lowest BCUT2D eigenvalue weighted by Gasteiger charge is -2.31. The highest BCUT2D eigenvalue weighted by Gasteiger charge is 2.58. The van der Waals surface area contributed by atoms with Gasteiger partial charge in [0, 0.05) is 49.0 Å². The number of benzene rings is 1. The fourth-order valence-electron chi connectivity index (χ4n) is 6.18. The third kappa shape index (κ3) is 3.32. The van der Waals surface area contributed by atoms with E-state index in [2.05, 4.69) is 20.6 Å². The number of fused-ring (bicyclic) bond motifs is 3. The Labute approximate surface area is 184 Å². The molecule has 4 heterocycles. The van der Waals surface area contributed by atoms with E-state index in [-0.39, 0.29) is 34.3 Å². The number of hydrogen-bond donors (Lipinski definition) is 2. The lowest BCUT2D eigenvalue weighted by atomic mass is 9.91. The summed E-state index contributed by atoms with van der Waals surface area (Å²) in [5.74, 6) is -0.0531. The number of carbonyl (C=O) groups excluding carboxylic acids is 1. The van der Waals surface area contributed by atoms with Gasteiger partial charge in [0.15, 0.2) is 0 Å². The summed E-state index contributed by atoms with van der Waals surface area (Å²) < 4.78 is 40.4. The first-order valence-corrected chi connectivity index (χ1v) is 11.4. The van der Waals surface area contributed by atoms with Crippen molar-refractivity contribution in [3.05, 3.63) is 30.1 Å². The number of piperidine rings is 1. The molecule has 1 aromatic heterocycles. The summed E-state index contributed by atoms with van der Waals surface area (Å²) in [6.45, 7) is 1.17. The van der Waals surface area contributed by atoms with Crippen LogP contribution in [0.25, 0.3) is 11.0 Å². The summed E-state index contributed by atoms with van der Waals surface area (Å²) in [4.78, 5) is 23.6. The predicted molar refractivity (Wildman–Crippen MR) is 113 cm³/mol. The Balaban J connectivity index is 1.25. The average molecular weight is 445 g/mol. The Morgan fingerprint density at radius 2 is 1.78 bits per heavy atom. The maximum atomic E-state index is 13.5. The predicted octanol–water partition coefficient (Wildman–Crippen LogP) is 3.26. The van der Waals surface area contributed by atoms with E-state index in [1.807, 2.05) is 4.90 Å². The van der Waals surface area contributed by atoms with E-state index < -0.39 is 11.7 Å². The number of aromatic nitrogens is 2. The number of nitrogens with zero attached hydrogens (tertiary/aromatic N) is 3. The number of anilines is 1. The van der Waals surface area contributed by atoms with Crippen LogP contribution in [-0.4, -0.2) is 47.1 Å². The molecule has 170 valence electrons. The van der Waals surface area contributed by atoms with Crippen LogP contribution >= 0.6 is 0 Å². The Morgan fingerprint density at radius 3 is 2.44 bits per heavy atom. The molecule has 6 rings (SSSR count). The third-order valence-corrected chi connectivity index (χ3v) is 7.93. The van der Waals surface area contributed by atoms with Gasteiger partial charge >= 0.3 is 6.18 Å². The van der Waals surface area contributed by atoms with Crippen LogP contribution in [0.15, 0.2) is 24.5 Å². The number of hydrogen-bond acceptors (Lipinski definition) is 5. The SMILES string of the molecule is O=C(NC1CC2CCC(C1)N2)C1CN(c2ccc(C(F)(F)F)c3nccnc23)CC12CC2. The van der Waals surface area contributed by atoms with Crippen LogP contribution in [-0.2, 0) is 11.0 Å². The smallest absolute Gasteiger partial charge is 0.368 e. The van der Waals surface area contributed by atoms with Crippen LogP contribution in [0.4, 0.5) is 18.9 Å². The van der Waals surface area contributed by atoms with Gasteiger partial charge in [0.2, 0.25) is 5.91 Å². The number of carbonyl (C=O) groups is 1. The van der Waals surface area contributed by atoms with Crippen molar-refractivity contribution in [1.82, 2.24) is 20.6 Å². The largest absolute Gasteiger partial charge is 0.418 e. The highest BCUT2D eigenvalue weighted by Crippen LogP contribution is 2.57. The fraction of sp³-hybridized carbons (Fsp3) is 0.609. The van der Waals surface area contributed by atoms with Gasteiger partial charge in [-0.3, -0.25) is 14.8 Å². The molecule has 3 aliphatic heterocycles. The first-order valence-electron chi connectivity index (χ1n) is 11.4. The molecule has 1 aliphatic carbocycles. The van der Waals surface area contributed by atoms with E-state index >= 15 is 0 Å². The molecular formula is C23H26F3N5O. The summed E-state index contributed by atoms with van der Waals surface area (Å²) in [6, 6.07) is 3.80. The molecule has 3 unspecified atom stereocenters. The van der Waals surface area contributed by atoms with Crippen LogP contribution in [0, 0.1) is 11.3 Å². The molecule has 32 heavy (non-hydrogen) atoms. The molecule has 1 saturated carbocycles. The van der Waals surface area contributed by atoms with Gasteiger partial charge in [-0.25, -0.2) is 0 Å². The van der Waals surface area contributed by atoms with Crippen molar-refractivity contribution in [2.45, 2.75) is 62.8 Å². The minimum absolute atomic E-state index is 0.0762. The van der Waals surface area contributed by atoms with Crippen molar-refractivity contribution in [2.75, 3.05) is 18.0 Å². The molecule has 2 aromatic rings. The summed E-state index contributed by atoms with van der Waals surface area (Å²) in [5.41, 5.74) is -0.121. The van der Waals surface area contributed by atoms with E-state index in [0.29, 0.717) is 30.9 Å². The zero-order valence-electron chi connectivity index (χ0n) is 17.7. The van der Waals surface area contributed by atoms with Crippen LogP contribution in [0.3, 0.4) is 0 Å². The van der Waals surface area contributed by atoms with Crippen molar-refractivity contribution in [3.63, 3.8) is 0 Å². The van der Waals surface area contributed by atoms with Gasteiger partial charge < -0.3 is 15.5 Å². The summed E-state index contributed by atoms with van der Waals surface area (Å²) >= 11 is 0. The van der Waals surface area contributed by atoms with E-state index in [9.17, 15) is 18.0 Å². The molecule has 0 radical (unpaired) electrons. The Kier molecular flexibility index (Phi) is 4.44. The van der Waals surface area contributed by atoms with E-state index in [0.717, 1.165) is 31.7 Å². The lowest BCUT2D eigenvalue weighted by Crippen LogP contribution is -2.50. The van der Waals surface area contributed by atoms with Crippen molar-refractivity contribution in [2.24, 2.45) is 11.3 Å². The van der Waals surface area contributed by atoms with Gasteiger partial charge in [0.1, 0.15) is 11.0 Å². The molecule has 9 heteroatoms. The Hall–Kier alpha value is -2.42. The van der Waals surface area contributed by atoms with Crippen LogP contribution in [0.1, 0.15) is 44.1 Å². The molecule has 3 saturated heterocycles. The van der Waals surface area contributed by atoms with Crippen molar-refractivity contribution in [3.8, 4) is 0 Å². The molecule has 4 aliphatic rings. The summed E-state index contributed by atoms with van der Waals surface area (Å²) in [7, 11) is 0. The Bertz CT molecular complexity index is 1060. The molecule has 4 fully saturated rings. The van der Waals surface area contributed by atoms with Crippen LogP contribution in [0.2, 0.25) is 0 Å². The molecule has 1 aromatic carbocycles. The lowest BCUT2D eigenvalue weighted by molar-refractivity contribution is -0.136. The second-order valence-corrected chi connectivity index (χ2v) is 9.99. The zero-order valence-corrected chi connectivity index (χ0v) is 17.7. The topological polar surface area (TPSA) is 70.2 Å². The van der Waals surface area contributed by atoms with E-state index in [1.54, 1.807) is 0 Å². The van der Waals surface area contributed by atoms with Gasteiger partial charge in [-0.05, 0) is 50.7 Å². The maximum Gasteiger partial charge on any atom is 0.418 e.